The van der Waals surface area contributed by atoms with Gasteiger partial charge in [-0.3, -0.25) is 14.5 Å². The lowest BCUT2D eigenvalue weighted by Crippen LogP contribution is -2.48. The third kappa shape index (κ3) is 3.34. The Morgan fingerprint density at radius 1 is 1.09 bits per heavy atom. The Kier molecular flexibility index (Phi) is 4.41. The number of benzene rings is 2. The summed E-state index contributed by atoms with van der Waals surface area (Å²) >= 11 is 0. The Morgan fingerprint density at radius 2 is 1.72 bits per heavy atom. The second-order valence-electron chi connectivity index (χ2n) is 9.46. The van der Waals surface area contributed by atoms with Gasteiger partial charge in [-0.1, -0.05) is 30.3 Å². The van der Waals surface area contributed by atoms with Gasteiger partial charge in [-0.25, -0.2) is 4.79 Å². The van der Waals surface area contributed by atoms with Crippen molar-refractivity contribution < 1.29 is 23.5 Å². The minimum Gasteiger partial charge on any atom is -0.464 e. The Labute approximate surface area is 185 Å². The molecule has 2 atom stereocenters. The van der Waals surface area contributed by atoms with E-state index in [4.69, 9.17) is 9.15 Å². The molecule has 0 spiro atoms. The number of nitrogens with zero attached hydrogens (tertiary/aromatic N) is 1. The molecule has 1 aliphatic carbocycles. The van der Waals surface area contributed by atoms with E-state index in [-0.39, 0.29) is 11.8 Å². The predicted octanol–water partition coefficient (Wildman–Crippen LogP) is 4.31. The fourth-order valence-electron chi connectivity index (χ4n) is 4.50. The molecule has 32 heavy (non-hydrogen) atoms. The number of carbonyl (C=O) groups excluding carboxylic acids is 3. The number of carbonyl (C=O) groups is 3. The quantitative estimate of drug-likeness (QED) is 0.621. The summed E-state index contributed by atoms with van der Waals surface area (Å²) in [5.41, 5.74) is 0.924. The van der Waals surface area contributed by atoms with Gasteiger partial charge >= 0.3 is 6.09 Å². The third-order valence-electron chi connectivity index (χ3n) is 5.99. The number of imide groups is 1. The molecule has 2 aromatic carbocycles. The topological polar surface area (TPSA) is 88.8 Å². The highest BCUT2D eigenvalue weighted by Crippen LogP contribution is 2.47. The van der Waals surface area contributed by atoms with E-state index in [2.05, 4.69) is 5.32 Å². The molecule has 1 saturated carbocycles. The van der Waals surface area contributed by atoms with Crippen molar-refractivity contribution in [2.45, 2.75) is 50.8 Å². The van der Waals surface area contributed by atoms with Crippen molar-refractivity contribution in [1.29, 1.82) is 0 Å². The number of alkyl carbamates (subject to hydrolysis) is 1. The van der Waals surface area contributed by atoms with E-state index in [1.54, 1.807) is 51.3 Å². The van der Waals surface area contributed by atoms with Crippen molar-refractivity contribution in [1.82, 2.24) is 10.2 Å². The molecule has 3 aromatic rings. The van der Waals surface area contributed by atoms with Crippen molar-refractivity contribution in [2.24, 2.45) is 0 Å². The summed E-state index contributed by atoms with van der Waals surface area (Å²) in [7, 11) is 0. The highest BCUT2D eigenvalue weighted by atomic mass is 16.6. The molecule has 0 bridgehead atoms. The van der Waals surface area contributed by atoms with Crippen LogP contribution in [0.4, 0.5) is 4.79 Å². The number of furan rings is 1. The Morgan fingerprint density at radius 3 is 2.38 bits per heavy atom. The second-order valence-corrected chi connectivity index (χ2v) is 9.46. The first kappa shape index (κ1) is 20.3. The van der Waals surface area contributed by atoms with Crippen molar-refractivity contribution in [3.05, 3.63) is 71.5 Å². The molecule has 1 aromatic heterocycles. The molecular formula is C25H24N2O5. The maximum atomic E-state index is 13.0. The van der Waals surface area contributed by atoms with Gasteiger partial charge < -0.3 is 14.5 Å². The van der Waals surface area contributed by atoms with E-state index in [1.165, 1.54) is 4.90 Å². The average Bonchev–Trinajstić information content (AvgIpc) is 3.13. The van der Waals surface area contributed by atoms with Gasteiger partial charge in [-0.15, -0.1) is 0 Å². The van der Waals surface area contributed by atoms with Gasteiger partial charge in [-0.2, -0.15) is 0 Å². The van der Waals surface area contributed by atoms with Gasteiger partial charge in [0.1, 0.15) is 11.2 Å². The Balaban J connectivity index is 1.47. The van der Waals surface area contributed by atoms with E-state index in [1.807, 2.05) is 24.3 Å². The van der Waals surface area contributed by atoms with Crippen molar-refractivity contribution in [3.8, 4) is 0 Å². The molecule has 7 heteroatoms. The van der Waals surface area contributed by atoms with Crippen LogP contribution in [-0.2, 0) is 11.2 Å². The largest absolute Gasteiger partial charge is 0.464 e. The third-order valence-corrected chi connectivity index (χ3v) is 5.99. The molecule has 3 amide bonds. The van der Waals surface area contributed by atoms with Gasteiger partial charge in [-0.05, 0) is 45.4 Å². The number of ether oxygens (including phenoxy) is 1. The zero-order valence-corrected chi connectivity index (χ0v) is 18.2. The fraction of sp³-hybridized carbons (Fsp3) is 0.320. The van der Waals surface area contributed by atoms with E-state index in [0.717, 1.165) is 16.5 Å². The number of nitrogens with one attached hydrogen (secondary N) is 1. The summed E-state index contributed by atoms with van der Waals surface area (Å²) in [4.78, 5) is 40.1. The number of hydrogen-bond acceptors (Lipinski definition) is 5. The molecular weight excluding hydrogens is 408 g/mol. The summed E-state index contributed by atoms with van der Waals surface area (Å²) in [5, 5.41) is 3.91. The lowest BCUT2D eigenvalue weighted by molar-refractivity contribution is 0.0464. The first-order valence-corrected chi connectivity index (χ1v) is 10.6. The molecule has 1 fully saturated rings. The number of hydrogen-bond donors (Lipinski definition) is 1. The van der Waals surface area contributed by atoms with E-state index in [0.29, 0.717) is 24.0 Å². The summed E-state index contributed by atoms with van der Waals surface area (Å²) in [6.45, 7) is 5.37. The highest BCUT2D eigenvalue weighted by Gasteiger charge is 2.63. The molecule has 164 valence electrons. The van der Waals surface area contributed by atoms with Crippen LogP contribution in [0.15, 0.2) is 59.2 Å². The van der Waals surface area contributed by atoms with Crippen molar-refractivity contribution in [2.75, 3.05) is 0 Å². The Bertz CT molecular complexity index is 1220. The highest BCUT2D eigenvalue weighted by molar-refractivity contribution is 6.21. The monoisotopic (exact) mass is 432 g/mol. The molecule has 5 rings (SSSR count). The SMILES string of the molecule is CC(C)(C)OC(=O)N[C@@]1(Cc2coc3ccccc23)C[C@H]1N1C(=O)c2ccccc2C1=O. The van der Waals surface area contributed by atoms with E-state index < -0.39 is 23.3 Å². The second kappa shape index (κ2) is 6.95. The number of fused-ring (bicyclic) bond motifs is 2. The van der Waals surface area contributed by atoms with E-state index in [9.17, 15) is 14.4 Å². The van der Waals surface area contributed by atoms with E-state index >= 15 is 0 Å². The van der Waals surface area contributed by atoms with Gasteiger partial charge in [0.25, 0.3) is 11.8 Å². The van der Waals surface area contributed by atoms with Gasteiger partial charge in [0, 0.05) is 17.4 Å². The van der Waals surface area contributed by atoms with Crippen LogP contribution < -0.4 is 5.32 Å². The number of amides is 3. The minimum absolute atomic E-state index is 0.333. The molecule has 0 unspecified atom stereocenters. The minimum atomic E-state index is -0.831. The van der Waals surface area contributed by atoms with Gasteiger partial charge in [0.05, 0.1) is 29.0 Å². The molecule has 7 nitrogen and oxygen atoms in total. The number of rotatable bonds is 4. The maximum absolute atomic E-state index is 13.0. The van der Waals surface area contributed by atoms with Gasteiger partial charge in [0.2, 0.25) is 0 Å². The summed E-state index contributed by atoms with van der Waals surface area (Å²) in [6.07, 6.45) is 1.93. The van der Waals surface area contributed by atoms with Gasteiger partial charge in [0.15, 0.2) is 0 Å². The molecule has 2 aliphatic rings. The number of para-hydroxylation sites is 1. The van der Waals surface area contributed by atoms with Crippen LogP contribution >= 0.6 is 0 Å². The summed E-state index contributed by atoms with van der Waals surface area (Å²) in [5.74, 6) is -0.666. The lowest BCUT2D eigenvalue weighted by atomic mass is 10.0. The van der Waals surface area contributed by atoms with Crippen LogP contribution in [0.5, 0.6) is 0 Å². The van der Waals surface area contributed by atoms with Crippen molar-refractivity contribution >= 4 is 28.9 Å². The van der Waals surface area contributed by atoms with Crippen LogP contribution in [0.25, 0.3) is 11.0 Å². The first-order chi connectivity index (χ1) is 15.2. The first-order valence-electron chi connectivity index (χ1n) is 10.6. The molecule has 2 heterocycles. The zero-order valence-electron chi connectivity index (χ0n) is 18.2. The fourth-order valence-corrected chi connectivity index (χ4v) is 4.50. The summed E-state index contributed by atoms with van der Waals surface area (Å²) in [6, 6.07) is 14.0. The molecule has 0 radical (unpaired) electrons. The Hall–Kier alpha value is -3.61. The average molecular weight is 432 g/mol. The summed E-state index contributed by atoms with van der Waals surface area (Å²) < 4.78 is 11.2. The molecule has 1 aliphatic heterocycles. The maximum Gasteiger partial charge on any atom is 0.408 e. The van der Waals surface area contributed by atoms with Crippen molar-refractivity contribution in [3.63, 3.8) is 0 Å². The smallest absolute Gasteiger partial charge is 0.408 e. The normalized spacial score (nSPS) is 22.2. The van der Waals surface area contributed by atoms with Crippen LogP contribution in [0.1, 0.15) is 53.5 Å². The lowest BCUT2D eigenvalue weighted by Gasteiger charge is -2.26. The van der Waals surface area contributed by atoms with Crippen LogP contribution in [0.2, 0.25) is 0 Å². The standard InChI is InChI=1S/C25H24N2O5/c1-24(2,3)32-23(30)26-25(12-15-14-31-19-11-7-6-8-16(15)19)13-20(25)27-21(28)17-9-4-5-10-18(17)22(27)29/h4-11,14,20H,12-13H2,1-3H3,(H,26,30)/t20-,25+/m1/s1. The molecule has 1 N–H and O–H groups in total. The van der Waals surface area contributed by atoms with Crippen LogP contribution in [0.3, 0.4) is 0 Å². The van der Waals surface area contributed by atoms with Crippen LogP contribution in [0, 0.1) is 0 Å². The molecule has 0 saturated heterocycles. The van der Waals surface area contributed by atoms with Crippen LogP contribution in [-0.4, -0.2) is 40.0 Å². The zero-order chi connectivity index (χ0) is 22.7. The predicted molar refractivity (Wildman–Crippen MR) is 117 cm³/mol.